The molecule has 0 unspecified atom stereocenters. The Labute approximate surface area is 249 Å². The lowest BCUT2D eigenvalue weighted by atomic mass is 9.98. The van der Waals surface area contributed by atoms with Crippen LogP contribution >= 0.6 is 23.1 Å². The molecule has 2 fully saturated rings. The van der Waals surface area contributed by atoms with Crippen molar-refractivity contribution in [2.24, 2.45) is 10.6 Å². The molecule has 2 atom stereocenters. The first kappa shape index (κ1) is 31.1. The van der Waals surface area contributed by atoms with Crippen LogP contribution in [-0.4, -0.2) is 99.2 Å². The van der Waals surface area contributed by atoms with Crippen LogP contribution in [-0.2, 0) is 33.4 Å². The summed E-state index contributed by atoms with van der Waals surface area (Å²) in [5.74, 6) is -2.90. The van der Waals surface area contributed by atoms with Crippen molar-refractivity contribution in [1.82, 2.24) is 20.1 Å². The fourth-order valence-corrected chi connectivity index (χ4v) is 6.21. The number of nitrogens with one attached hydrogen (secondary N) is 1. The van der Waals surface area contributed by atoms with E-state index in [1.807, 2.05) is 0 Å². The summed E-state index contributed by atoms with van der Waals surface area (Å²) in [4.78, 5) is 70.6. The van der Waals surface area contributed by atoms with Gasteiger partial charge in [0.05, 0.1) is 5.41 Å². The third kappa shape index (κ3) is 6.78. The van der Waals surface area contributed by atoms with Crippen LogP contribution in [0.25, 0.3) is 0 Å². The lowest BCUT2D eigenvalue weighted by Crippen LogP contribution is -2.71. The van der Waals surface area contributed by atoms with Gasteiger partial charge in [-0.3, -0.25) is 19.3 Å². The van der Waals surface area contributed by atoms with Crippen LogP contribution in [0.1, 0.15) is 45.7 Å². The number of esters is 2. The maximum absolute atomic E-state index is 13.3. The molecule has 0 saturated carbocycles. The number of hydrogen-bond donors (Lipinski definition) is 3. The second kappa shape index (κ2) is 13.0. The number of nitrogens with two attached hydrogens (primary N) is 1. The van der Waals surface area contributed by atoms with E-state index in [4.69, 9.17) is 19.9 Å². The predicted octanol–water partition coefficient (Wildman–Crippen LogP) is 1.27. The molecule has 1 aromatic heterocycles. The quantitative estimate of drug-likeness (QED) is 0.0935. The van der Waals surface area contributed by atoms with Crippen molar-refractivity contribution >= 4 is 63.8 Å². The normalized spacial score (nSPS) is 20.8. The molecule has 2 saturated heterocycles. The lowest BCUT2D eigenvalue weighted by Gasteiger charge is -2.49. The number of thiazole rings is 1. The Kier molecular flexibility index (Phi) is 9.60. The summed E-state index contributed by atoms with van der Waals surface area (Å²) >= 11 is 2.27. The zero-order valence-corrected chi connectivity index (χ0v) is 24.9. The fourth-order valence-electron chi connectivity index (χ4n) is 4.34. The number of β-lactam (4-membered cyclic amide) rings is 1. The summed E-state index contributed by atoms with van der Waals surface area (Å²) in [5.41, 5.74) is 4.53. The molecule has 42 heavy (non-hydrogen) atoms. The van der Waals surface area contributed by atoms with Crippen molar-refractivity contribution in [3.63, 3.8) is 0 Å². The fraction of sp³-hybridized carbons (Fsp3) is 0.560. The summed E-state index contributed by atoms with van der Waals surface area (Å²) < 4.78 is 15.7. The number of nitrogens with zero attached hydrogens (tertiary/aromatic N) is 4. The number of hydrogen-bond acceptors (Lipinski definition) is 14. The first-order valence-corrected chi connectivity index (χ1v) is 15.0. The SMILES string of the molecule is CC(C)(C)C(=O)OCOC(=O)C1=C(COC(=O)N2CCCCC2)CS[C@@H]2[C@H](NC(=O)/C(=N\O)c3csc(N)n3)C(=O)N12. The number of carbonyl (C=O) groups is 5. The van der Waals surface area contributed by atoms with Gasteiger partial charge < -0.3 is 35.4 Å². The van der Waals surface area contributed by atoms with Gasteiger partial charge in [-0.25, -0.2) is 14.6 Å². The van der Waals surface area contributed by atoms with Gasteiger partial charge in [0.15, 0.2) is 10.8 Å². The number of carbonyl (C=O) groups excluding carboxylic acids is 5. The number of nitrogen functional groups attached to an aromatic ring is 1. The number of piperidine rings is 1. The number of ether oxygens (including phenoxy) is 3. The molecule has 0 aromatic carbocycles. The maximum Gasteiger partial charge on any atom is 0.410 e. The predicted molar refractivity (Wildman–Crippen MR) is 150 cm³/mol. The second-order valence-corrected chi connectivity index (χ2v) is 12.7. The Balaban J connectivity index is 1.49. The van der Waals surface area contributed by atoms with Gasteiger partial charge in [0.2, 0.25) is 6.79 Å². The Morgan fingerprint density at radius 2 is 1.88 bits per heavy atom. The molecule has 3 aliphatic heterocycles. The third-order valence-corrected chi connectivity index (χ3v) is 8.60. The standard InChI is InChI=1S/C25H32N6O9S2/c1-25(2,3)22(35)40-12-39-21(34)17-13(9-38-24(36)30-7-5-4-6-8-30)10-41-20-16(19(33)31(17)20)28-18(32)15(29-37)14-11-42-23(26)27-14/h11,16,20,37H,4-10,12H2,1-3H3,(H2,26,27)(H,28,32)/b29-15-/t16-,20-/m1/s1. The van der Waals surface area contributed by atoms with Gasteiger partial charge in [-0.2, -0.15) is 0 Å². The van der Waals surface area contributed by atoms with E-state index in [1.165, 1.54) is 17.1 Å². The Morgan fingerprint density at radius 3 is 2.50 bits per heavy atom. The molecule has 4 heterocycles. The number of amides is 3. The first-order valence-electron chi connectivity index (χ1n) is 13.1. The smallest absolute Gasteiger partial charge is 0.410 e. The van der Waals surface area contributed by atoms with Gasteiger partial charge in [0.25, 0.3) is 11.8 Å². The summed E-state index contributed by atoms with van der Waals surface area (Å²) in [6.07, 6.45) is 2.24. The zero-order valence-electron chi connectivity index (χ0n) is 23.3. The Morgan fingerprint density at radius 1 is 1.17 bits per heavy atom. The van der Waals surface area contributed by atoms with E-state index in [2.05, 4.69) is 15.5 Å². The average Bonchev–Trinajstić information content (AvgIpc) is 3.39. The van der Waals surface area contributed by atoms with Crippen molar-refractivity contribution in [2.75, 3.05) is 38.0 Å². The van der Waals surface area contributed by atoms with Crippen LogP contribution in [0, 0.1) is 5.41 Å². The van der Waals surface area contributed by atoms with Crippen LogP contribution < -0.4 is 11.1 Å². The minimum absolute atomic E-state index is 0.0317. The topological polar surface area (TPSA) is 203 Å². The highest BCUT2D eigenvalue weighted by Crippen LogP contribution is 2.41. The van der Waals surface area contributed by atoms with Crippen LogP contribution in [0.3, 0.4) is 0 Å². The van der Waals surface area contributed by atoms with Crippen LogP contribution in [0.15, 0.2) is 21.8 Å². The molecule has 3 amide bonds. The van der Waals surface area contributed by atoms with Gasteiger partial charge in [0, 0.05) is 29.8 Å². The number of fused-ring (bicyclic) bond motifs is 1. The van der Waals surface area contributed by atoms with Crippen molar-refractivity contribution in [2.45, 2.75) is 51.4 Å². The molecule has 228 valence electrons. The highest BCUT2D eigenvalue weighted by Gasteiger charge is 2.55. The highest BCUT2D eigenvalue weighted by atomic mass is 32.2. The van der Waals surface area contributed by atoms with E-state index >= 15 is 0 Å². The van der Waals surface area contributed by atoms with E-state index in [-0.39, 0.29) is 28.9 Å². The summed E-state index contributed by atoms with van der Waals surface area (Å²) in [5, 5.41) is 15.8. The average molecular weight is 625 g/mol. The Bertz CT molecular complexity index is 1320. The van der Waals surface area contributed by atoms with Gasteiger partial charge in [-0.05, 0) is 40.0 Å². The number of oxime groups is 1. The number of rotatable bonds is 8. The first-order chi connectivity index (χ1) is 19.9. The van der Waals surface area contributed by atoms with E-state index < -0.39 is 59.2 Å². The zero-order chi connectivity index (χ0) is 30.6. The summed E-state index contributed by atoms with van der Waals surface area (Å²) in [7, 11) is 0. The minimum Gasteiger partial charge on any atom is -0.445 e. The van der Waals surface area contributed by atoms with Crippen LogP contribution in [0.4, 0.5) is 9.93 Å². The molecule has 0 bridgehead atoms. The monoisotopic (exact) mass is 624 g/mol. The van der Waals surface area contributed by atoms with E-state index in [0.717, 1.165) is 35.5 Å². The van der Waals surface area contributed by atoms with E-state index in [1.54, 1.807) is 25.7 Å². The highest BCUT2D eigenvalue weighted by molar-refractivity contribution is 8.00. The van der Waals surface area contributed by atoms with Crippen molar-refractivity contribution in [3.8, 4) is 0 Å². The molecular weight excluding hydrogens is 592 g/mol. The molecule has 4 N–H and O–H groups in total. The molecule has 0 spiro atoms. The van der Waals surface area contributed by atoms with E-state index in [0.29, 0.717) is 18.7 Å². The van der Waals surface area contributed by atoms with E-state index in [9.17, 15) is 29.2 Å². The van der Waals surface area contributed by atoms with Crippen LogP contribution in [0.5, 0.6) is 0 Å². The minimum atomic E-state index is -1.07. The summed E-state index contributed by atoms with van der Waals surface area (Å²) in [6.45, 7) is 5.10. The van der Waals surface area contributed by atoms with Gasteiger partial charge in [0.1, 0.15) is 29.4 Å². The number of anilines is 1. The molecule has 0 aliphatic carbocycles. The maximum atomic E-state index is 13.3. The summed E-state index contributed by atoms with van der Waals surface area (Å²) in [6, 6.07) is -1.07. The van der Waals surface area contributed by atoms with Crippen molar-refractivity contribution in [1.29, 1.82) is 0 Å². The largest absolute Gasteiger partial charge is 0.445 e. The number of likely N-dealkylation sites (tertiary alicyclic amines) is 1. The lowest BCUT2D eigenvalue weighted by molar-refractivity contribution is -0.173. The third-order valence-electron chi connectivity index (χ3n) is 6.58. The molecule has 1 aromatic rings. The van der Waals surface area contributed by atoms with Crippen molar-refractivity contribution < 1.29 is 43.4 Å². The molecule has 17 heteroatoms. The van der Waals surface area contributed by atoms with Crippen LogP contribution in [0.2, 0.25) is 0 Å². The molecule has 0 radical (unpaired) electrons. The molecule has 4 rings (SSSR count). The Hall–Kier alpha value is -3.86. The second-order valence-electron chi connectivity index (χ2n) is 10.7. The number of thioether (sulfide) groups is 1. The van der Waals surface area contributed by atoms with Gasteiger partial charge >= 0.3 is 18.0 Å². The van der Waals surface area contributed by atoms with Crippen molar-refractivity contribution in [3.05, 3.63) is 22.3 Å². The number of aromatic nitrogens is 1. The van der Waals surface area contributed by atoms with Gasteiger partial charge in [-0.15, -0.1) is 23.1 Å². The molecule has 3 aliphatic rings. The van der Waals surface area contributed by atoms with Gasteiger partial charge in [-0.1, -0.05) is 5.16 Å². The molecule has 15 nitrogen and oxygen atoms in total. The molecular formula is C25H32N6O9S2.